The standard InChI is InChI=1S/C46H91NO3/c1-3-5-7-9-11-13-15-17-19-20-21-22-23-24-25-26-28-30-32-34-36-38-40-42-46(50)47-44(43-48)45(49)41-39-37-35-33-31-29-27-18-16-14-12-10-8-6-4-2/h39,41,44-45,48-49H,3-38,40,42-43H2,1-2H3,(H,47,50). The number of hydrogen-bond donors (Lipinski definition) is 3. The summed E-state index contributed by atoms with van der Waals surface area (Å²) in [7, 11) is 0. The SMILES string of the molecule is CCCCCCCCCCCCCCCC=CC(O)C(CO)NC(=O)CCCCCCCCCCCCCCCCCCCCCCCCC. The van der Waals surface area contributed by atoms with Gasteiger partial charge in [-0.2, -0.15) is 0 Å². The predicted molar refractivity (Wildman–Crippen MR) is 221 cm³/mol. The molecule has 2 unspecified atom stereocenters. The van der Waals surface area contributed by atoms with E-state index in [0.717, 1.165) is 25.7 Å². The number of aliphatic hydroxyl groups excluding tert-OH is 2. The Balaban J connectivity index is 3.49. The van der Waals surface area contributed by atoms with Gasteiger partial charge in [-0.05, 0) is 19.3 Å². The van der Waals surface area contributed by atoms with Crippen LogP contribution in [0.1, 0.15) is 258 Å². The maximum Gasteiger partial charge on any atom is 0.220 e. The van der Waals surface area contributed by atoms with Crippen LogP contribution >= 0.6 is 0 Å². The molecule has 2 atom stereocenters. The molecule has 0 bridgehead atoms. The van der Waals surface area contributed by atoms with Crippen molar-refractivity contribution in [3.05, 3.63) is 12.2 Å². The zero-order chi connectivity index (χ0) is 36.4. The summed E-state index contributed by atoms with van der Waals surface area (Å²) in [5.74, 6) is -0.0588. The van der Waals surface area contributed by atoms with Gasteiger partial charge < -0.3 is 15.5 Å². The Morgan fingerprint density at radius 2 is 0.740 bits per heavy atom. The quantitative estimate of drug-likeness (QED) is 0.0437. The lowest BCUT2D eigenvalue weighted by Crippen LogP contribution is -2.45. The molecule has 298 valence electrons. The van der Waals surface area contributed by atoms with Gasteiger partial charge >= 0.3 is 0 Å². The molecular weight excluding hydrogens is 615 g/mol. The molecule has 0 aliphatic carbocycles. The molecule has 0 fully saturated rings. The molecule has 50 heavy (non-hydrogen) atoms. The molecular formula is C46H91NO3. The molecule has 1 amide bonds. The van der Waals surface area contributed by atoms with Crippen molar-refractivity contribution in [2.45, 2.75) is 270 Å². The predicted octanol–water partition coefficient (Wildman–Crippen LogP) is 14.2. The fourth-order valence-electron chi connectivity index (χ4n) is 7.24. The molecule has 0 saturated heterocycles. The number of nitrogens with one attached hydrogen (secondary N) is 1. The van der Waals surface area contributed by atoms with E-state index < -0.39 is 12.1 Å². The van der Waals surface area contributed by atoms with E-state index in [2.05, 4.69) is 19.2 Å². The van der Waals surface area contributed by atoms with Crippen LogP contribution in [0.4, 0.5) is 0 Å². The van der Waals surface area contributed by atoms with Crippen LogP contribution in [0.25, 0.3) is 0 Å². The average Bonchev–Trinajstić information content (AvgIpc) is 3.12. The van der Waals surface area contributed by atoms with E-state index in [0.29, 0.717) is 6.42 Å². The molecule has 0 spiro atoms. The minimum Gasteiger partial charge on any atom is -0.394 e. The van der Waals surface area contributed by atoms with Crippen molar-refractivity contribution >= 4 is 5.91 Å². The largest absolute Gasteiger partial charge is 0.394 e. The third kappa shape index (κ3) is 38.4. The smallest absolute Gasteiger partial charge is 0.220 e. The van der Waals surface area contributed by atoms with Crippen LogP contribution in [0, 0.1) is 0 Å². The fraction of sp³-hybridized carbons (Fsp3) is 0.935. The Hall–Kier alpha value is -0.870. The van der Waals surface area contributed by atoms with Gasteiger partial charge in [-0.25, -0.2) is 0 Å². The molecule has 0 aliphatic heterocycles. The first kappa shape index (κ1) is 49.1. The fourth-order valence-corrected chi connectivity index (χ4v) is 7.24. The Morgan fingerprint density at radius 1 is 0.460 bits per heavy atom. The molecule has 0 heterocycles. The van der Waals surface area contributed by atoms with Gasteiger partial charge in [0.05, 0.1) is 18.8 Å². The first-order valence-electron chi connectivity index (χ1n) is 22.9. The molecule has 0 aromatic heterocycles. The van der Waals surface area contributed by atoms with Crippen LogP contribution in [-0.4, -0.2) is 34.9 Å². The number of carbonyl (C=O) groups excluding carboxylic acids is 1. The maximum atomic E-state index is 12.4. The normalized spacial score (nSPS) is 13.0. The van der Waals surface area contributed by atoms with E-state index in [1.807, 2.05) is 6.08 Å². The molecule has 4 heteroatoms. The van der Waals surface area contributed by atoms with E-state index >= 15 is 0 Å². The Morgan fingerprint density at radius 3 is 1.04 bits per heavy atom. The lowest BCUT2D eigenvalue weighted by atomic mass is 10.0. The van der Waals surface area contributed by atoms with E-state index in [1.54, 1.807) is 6.08 Å². The van der Waals surface area contributed by atoms with E-state index in [-0.39, 0.29) is 12.5 Å². The Bertz CT molecular complexity index is 680. The average molecular weight is 706 g/mol. The van der Waals surface area contributed by atoms with Gasteiger partial charge in [0.25, 0.3) is 0 Å². The molecule has 0 radical (unpaired) electrons. The summed E-state index contributed by atoms with van der Waals surface area (Å²) in [6.45, 7) is 4.33. The second-order valence-corrected chi connectivity index (χ2v) is 15.8. The summed E-state index contributed by atoms with van der Waals surface area (Å²) in [5, 5.41) is 23.0. The molecule has 3 N–H and O–H groups in total. The second kappa shape index (κ2) is 42.5. The van der Waals surface area contributed by atoms with Crippen molar-refractivity contribution in [3.63, 3.8) is 0 Å². The van der Waals surface area contributed by atoms with Crippen LogP contribution in [-0.2, 0) is 4.79 Å². The number of allylic oxidation sites excluding steroid dienone is 1. The highest BCUT2D eigenvalue weighted by Crippen LogP contribution is 2.16. The van der Waals surface area contributed by atoms with Crippen LogP contribution in [0.5, 0.6) is 0 Å². The summed E-state index contributed by atoms with van der Waals surface area (Å²) in [6.07, 6.45) is 53.3. The van der Waals surface area contributed by atoms with Gasteiger partial charge in [0.1, 0.15) is 0 Å². The first-order chi connectivity index (χ1) is 24.7. The zero-order valence-electron chi connectivity index (χ0n) is 34.2. The van der Waals surface area contributed by atoms with E-state index in [4.69, 9.17) is 0 Å². The third-order valence-corrected chi connectivity index (χ3v) is 10.8. The van der Waals surface area contributed by atoms with Gasteiger partial charge in [0.2, 0.25) is 5.91 Å². The number of rotatable bonds is 42. The van der Waals surface area contributed by atoms with Gasteiger partial charge in [0, 0.05) is 6.42 Å². The number of unbranched alkanes of at least 4 members (excludes halogenated alkanes) is 35. The van der Waals surface area contributed by atoms with Crippen molar-refractivity contribution in [1.29, 1.82) is 0 Å². The topological polar surface area (TPSA) is 69.6 Å². The monoisotopic (exact) mass is 706 g/mol. The number of carbonyl (C=O) groups is 1. The molecule has 0 aromatic rings. The Labute approximate surface area is 314 Å². The van der Waals surface area contributed by atoms with Crippen LogP contribution in [0.15, 0.2) is 12.2 Å². The van der Waals surface area contributed by atoms with E-state index in [1.165, 1.54) is 212 Å². The maximum absolute atomic E-state index is 12.4. The number of aliphatic hydroxyl groups is 2. The summed E-state index contributed by atoms with van der Waals surface area (Å²) < 4.78 is 0. The third-order valence-electron chi connectivity index (χ3n) is 10.8. The molecule has 0 rings (SSSR count). The molecule has 0 saturated carbocycles. The molecule has 0 aromatic carbocycles. The van der Waals surface area contributed by atoms with Crippen LogP contribution in [0.3, 0.4) is 0 Å². The highest BCUT2D eigenvalue weighted by molar-refractivity contribution is 5.76. The lowest BCUT2D eigenvalue weighted by Gasteiger charge is -2.20. The summed E-state index contributed by atoms with van der Waals surface area (Å²) in [5.41, 5.74) is 0. The van der Waals surface area contributed by atoms with Crippen LogP contribution < -0.4 is 5.32 Å². The van der Waals surface area contributed by atoms with Crippen molar-refractivity contribution < 1.29 is 15.0 Å². The van der Waals surface area contributed by atoms with Gasteiger partial charge in [-0.1, -0.05) is 244 Å². The lowest BCUT2D eigenvalue weighted by molar-refractivity contribution is -0.123. The van der Waals surface area contributed by atoms with Gasteiger partial charge in [-0.15, -0.1) is 0 Å². The van der Waals surface area contributed by atoms with Gasteiger partial charge in [0.15, 0.2) is 0 Å². The highest BCUT2D eigenvalue weighted by Gasteiger charge is 2.17. The minimum absolute atomic E-state index is 0.0588. The van der Waals surface area contributed by atoms with Crippen molar-refractivity contribution in [2.75, 3.05) is 6.61 Å². The summed E-state index contributed by atoms with van der Waals surface area (Å²) in [4.78, 5) is 12.4. The van der Waals surface area contributed by atoms with Crippen LogP contribution in [0.2, 0.25) is 0 Å². The van der Waals surface area contributed by atoms with Crippen molar-refractivity contribution in [3.8, 4) is 0 Å². The molecule has 4 nitrogen and oxygen atoms in total. The van der Waals surface area contributed by atoms with Crippen molar-refractivity contribution in [1.82, 2.24) is 5.32 Å². The number of amides is 1. The second-order valence-electron chi connectivity index (χ2n) is 15.8. The van der Waals surface area contributed by atoms with E-state index in [9.17, 15) is 15.0 Å². The summed E-state index contributed by atoms with van der Waals surface area (Å²) >= 11 is 0. The van der Waals surface area contributed by atoms with Gasteiger partial charge in [-0.3, -0.25) is 4.79 Å². The Kier molecular flexibility index (Phi) is 41.8. The molecule has 0 aliphatic rings. The first-order valence-corrected chi connectivity index (χ1v) is 22.9. The zero-order valence-corrected chi connectivity index (χ0v) is 34.2. The van der Waals surface area contributed by atoms with Crippen molar-refractivity contribution in [2.24, 2.45) is 0 Å². The summed E-state index contributed by atoms with van der Waals surface area (Å²) in [6, 6.07) is -0.616. The number of hydrogen-bond acceptors (Lipinski definition) is 3. The highest BCUT2D eigenvalue weighted by atomic mass is 16.3. The minimum atomic E-state index is -0.833.